The van der Waals surface area contributed by atoms with Gasteiger partial charge in [-0.3, -0.25) is 5.43 Å². The summed E-state index contributed by atoms with van der Waals surface area (Å²) in [5.41, 5.74) is 2.63. The van der Waals surface area contributed by atoms with Gasteiger partial charge in [-0.05, 0) is 42.5 Å². The van der Waals surface area contributed by atoms with Crippen molar-refractivity contribution in [2.75, 3.05) is 5.32 Å². The molecule has 0 radical (unpaired) electrons. The number of benzene rings is 2. The molecule has 0 fully saturated rings. The van der Waals surface area contributed by atoms with Crippen molar-refractivity contribution in [1.82, 2.24) is 5.43 Å². The molecule has 0 aliphatic heterocycles. The first-order valence-electron chi connectivity index (χ1n) is 7.85. The quantitative estimate of drug-likeness (QED) is 0.362. The summed E-state index contributed by atoms with van der Waals surface area (Å²) in [6.07, 6.45) is -3.13. The molecular formula is C19H14F3N3OS. The smallest absolute Gasteiger partial charge is 0.417 e. The summed E-state index contributed by atoms with van der Waals surface area (Å²) in [4.78, 5) is 0. The standard InChI is InChI=1S/C19H14F3N3OS/c20-19(21,22)16-9-5-4-8-15(16)17-11-10-14(26-17)12-23-25-18(27)24-13-6-2-1-3-7-13/h1-12H,(H2,24,25,27)/b23-12-. The highest BCUT2D eigenvalue weighted by atomic mass is 32.1. The number of para-hydroxylation sites is 1. The first kappa shape index (κ1) is 18.7. The van der Waals surface area contributed by atoms with Crippen molar-refractivity contribution in [3.05, 3.63) is 78.1 Å². The van der Waals surface area contributed by atoms with Crippen molar-refractivity contribution in [2.45, 2.75) is 6.18 Å². The Kier molecular flexibility index (Phi) is 5.56. The van der Waals surface area contributed by atoms with E-state index in [1.165, 1.54) is 36.5 Å². The second-order valence-electron chi connectivity index (χ2n) is 5.44. The van der Waals surface area contributed by atoms with Crippen LogP contribution in [0.3, 0.4) is 0 Å². The minimum absolute atomic E-state index is 0.0288. The van der Waals surface area contributed by atoms with Gasteiger partial charge < -0.3 is 9.73 Å². The zero-order valence-corrected chi connectivity index (χ0v) is 14.6. The van der Waals surface area contributed by atoms with Crippen LogP contribution in [0.1, 0.15) is 11.3 Å². The van der Waals surface area contributed by atoms with Crippen LogP contribution in [0.2, 0.25) is 0 Å². The van der Waals surface area contributed by atoms with Crippen molar-refractivity contribution >= 4 is 29.2 Å². The number of anilines is 1. The molecule has 3 rings (SSSR count). The van der Waals surface area contributed by atoms with E-state index in [0.29, 0.717) is 0 Å². The molecule has 3 aromatic rings. The monoisotopic (exact) mass is 389 g/mol. The van der Waals surface area contributed by atoms with Gasteiger partial charge in [0.05, 0.1) is 11.8 Å². The molecule has 0 aliphatic rings. The van der Waals surface area contributed by atoms with Crippen molar-refractivity contribution in [3.63, 3.8) is 0 Å². The van der Waals surface area contributed by atoms with Gasteiger partial charge in [-0.15, -0.1) is 0 Å². The summed E-state index contributed by atoms with van der Waals surface area (Å²) < 4.78 is 44.8. The average molecular weight is 389 g/mol. The van der Waals surface area contributed by atoms with Crippen LogP contribution in [0.5, 0.6) is 0 Å². The first-order valence-corrected chi connectivity index (χ1v) is 8.26. The number of halogens is 3. The Morgan fingerprint density at radius 3 is 2.41 bits per heavy atom. The highest BCUT2D eigenvalue weighted by Gasteiger charge is 2.34. The molecule has 0 atom stereocenters. The molecule has 0 amide bonds. The number of thiocarbonyl (C=S) groups is 1. The maximum Gasteiger partial charge on any atom is 0.417 e. The molecule has 0 saturated heterocycles. The van der Waals surface area contributed by atoms with Crippen LogP contribution in [0.25, 0.3) is 11.3 Å². The zero-order chi connectivity index (χ0) is 19.3. The largest absolute Gasteiger partial charge is 0.455 e. The molecule has 0 spiro atoms. The summed E-state index contributed by atoms with van der Waals surface area (Å²) >= 11 is 5.10. The number of hydrogen-bond acceptors (Lipinski definition) is 3. The molecular weight excluding hydrogens is 375 g/mol. The van der Waals surface area contributed by atoms with Crippen LogP contribution < -0.4 is 10.7 Å². The van der Waals surface area contributed by atoms with Crippen LogP contribution in [0, 0.1) is 0 Å². The zero-order valence-electron chi connectivity index (χ0n) is 13.8. The second kappa shape index (κ2) is 8.05. The molecule has 0 bridgehead atoms. The average Bonchev–Trinajstić information content (AvgIpc) is 3.11. The number of hydrogen-bond donors (Lipinski definition) is 2. The Labute approximate surface area is 158 Å². The number of alkyl halides is 3. The molecule has 0 unspecified atom stereocenters. The number of furan rings is 1. The van der Waals surface area contributed by atoms with Gasteiger partial charge in [0.2, 0.25) is 0 Å². The number of hydrazone groups is 1. The molecule has 0 aliphatic carbocycles. The fourth-order valence-corrected chi connectivity index (χ4v) is 2.52. The fraction of sp³-hybridized carbons (Fsp3) is 0.0526. The summed E-state index contributed by atoms with van der Waals surface area (Å²) in [5, 5.41) is 7.13. The number of rotatable bonds is 4. The third kappa shape index (κ3) is 4.95. The Balaban J connectivity index is 1.67. The maximum absolute atomic E-state index is 13.1. The van der Waals surface area contributed by atoms with Gasteiger partial charge in [-0.1, -0.05) is 36.4 Å². The van der Waals surface area contributed by atoms with E-state index in [0.717, 1.165) is 11.8 Å². The van der Waals surface area contributed by atoms with Gasteiger partial charge in [0, 0.05) is 11.3 Å². The van der Waals surface area contributed by atoms with Crippen molar-refractivity contribution < 1.29 is 17.6 Å². The van der Waals surface area contributed by atoms with E-state index in [4.69, 9.17) is 16.6 Å². The van der Waals surface area contributed by atoms with Crippen LogP contribution in [0.4, 0.5) is 18.9 Å². The van der Waals surface area contributed by atoms with Gasteiger partial charge in [-0.2, -0.15) is 18.3 Å². The molecule has 8 heteroatoms. The van der Waals surface area contributed by atoms with Gasteiger partial charge in [-0.25, -0.2) is 0 Å². The van der Waals surface area contributed by atoms with Gasteiger partial charge in [0.25, 0.3) is 0 Å². The molecule has 1 aromatic heterocycles. The van der Waals surface area contributed by atoms with E-state index in [9.17, 15) is 13.2 Å². The first-order chi connectivity index (χ1) is 12.9. The number of nitrogens with one attached hydrogen (secondary N) is 2. The predicted octanol–water partition coefficient (Wildman–Crippen LogP) is 5.29. The summed E-state index contributed by atoms with van der Waals surface area (Å²) in [7, 11) is 0. The highest BCUT2D eigenvalue weighted by Crippen LogP contribution is 2.37. The van der Waals surface area contributed by atoms with E-state index in [1.54, 1.807) is 0 Å². The SMILES string of the molecule is FC(F)(F)c1ccccc1-c1ccc(/C=N\NC(=S)Nc2ccccc2)o1. The topological polar surface area (TPSA) is 49.6 Å². The lowest BCUT2D eigenvalue weighted by atomic mass is 10.1. The highest BCUT2D eigenvalue weighted by molar-refractivity contribution is 7.80. The Morgan fingerprint density at radius 1 is 0.963 bits per heavy atom. The summed E-state index contributed by atoms with van der Waals surface area (Å²) in [6, 6.07) is 17.5. The third-order valence-electron chi connectivity index (χ3n) is 3.51. The molecule has 4 nitrogen and oxygen atoms in total. The van der Waals surface area contributed by atoms with Crippen molar-refractivity contribution in [2.24, 2.45) is 5.10 Å². The van der Waals surface area contributed by atoms with Crippen LogP contribution >= 0.6 is 12.2 Å². The van der Waals surface area contributed by atoms with Gasteiger partial charge in [0.1, 0.15) is 11.5 Å². The Bertz CT molecular complexity index is 952. The van der Waals surface area contributed by atoms with Gasteiger partial charge >= 0.3 is 6.18 Å². The van der Waals surface area contributed by atoms with E-state index in [1.807, 2.05) is 30.3 Å². The molecule has 0 saturated carbocycles. The van der Waals surface area contributed by atoms with Gasteiger partial charge in [0.15, 0.2) is 5.11 Å². The van der Waals surface area contributed by atoms with E-state index in [2.05, 4.69) is 15.8 Å². The molecule has 2 aromatic carbocycles. The minimum Gasteiger partial charge on any atom is -0.455 e. The Morgan fingerprint density at radius 2 is 1.67 bits per heavy atom. The molecule has 1 heterocycles. The maximum atomic E-state index is 13.1. The number of nitrogens with zero attached hydrogens (tertiary/aromatic N) is 1. The normalized spacial score (nSPS) is 11.5. The van der Waals surface area contributed by atoms with E-state index >= 15 is 0 Å². The van der Waals surface area contributed by atoms with E-state index < -0.39 is 11.7 Å². The second-order valence-corrected chi connectivity index (χ2v) is 5.84. The molecule has 2 N–H and O–H groups in total. The summed E-state index contributed by atoms with van der Waals surface area (Å²) in [5.74, 6) is 0.395. The minimum atomic E-state index is -4.46. The van der Waals surface area contributed by atoms with Crippen molar-refractivity contribution in [3.8, 4) is 11.3 Å². The molecule has 138 valence electrons. The van der Waals surface area contributed by atoms with Crippen LogP contribution in [-0.2, 0) is 6.18 Å². The fourth-order valence-electron chi connectivity index (χ4n) is 2.35. The Hall–Kier alpha value is -3.13. The predicted molar refractivity (Wildman–Crippen MR) is 103 cm³/mol. The lowest BCUT2D eigenvalue weighted by Crippen LogP contribution is -2.23. The lowest BCUT2D eigenvalue weighted by molar-refractivity contribution is -0.137. The van der Waals surface area contributed by atoms with Crippen molar-refractivity contribution in [1.29, 1.82) is 0 Å². The lowest BCUT2D eigenvalue weighted by Gasteiger charge is -2.10. The molecule has 27 heavy (non-hydrogen) atoms. The van der Waals surface area contributed by atoms with Crippen LogP contribution in [-0.4, -0.2) is 11.3 Å². The van der Waals surface area contributed by atoms with E-state index in [-0.39, 0.29) is 22.2 Å². The summed E-state index contributed by atoms with van der Waals surface area (Å²) in [6.45, 7) is 0. The third-order valence-corrected chi connectivity index (χ3v) is 3.71. The van der Waals surface area contributed by atoms with Crippen LogP contribution in [0.15, 0.2) is 76.2 Å².